The molecule has 0 bridgehead atoms. The third-order valence-corrected chi connectivity index (χ3v) is 17.6. The van der Waals surface area contributed by atoms with Crippen LogP contribution in [0.5, 0.6) is 0 Å². The molecule has 0 N–H and O–H groups in total. The minimum Gasteiger partial charge on any atom is -0.373 e. The molecule has 0 unspecified atom stereocenters. The Kier molecular flexibility index (Phi) is 36.1. The van der Waals surface area contributed by atoms with E-state index in [4.69, 9.17) is 26.6 Å². The molecule has 0 aromatic rings. The Bertz CT molecular complexity index is 497. The van der Waals surface area contributed by atoms with Gasteiger partial charge in [0.1, 0.15) is 0 Å². The molecule has 45 heavy (non-hydrogen) atoms. The van der Waals surface area contributed by atoms with Gasteiger partial charge in [0.05, 0.1) is 0 Å². The maximum absolute atomic E-state index is 6.41. The molecule has 11 heteroatoms. The predicted molar refractivity (Wildman–Crippen MR) is 206 cm³/mol. The maximum atomic E-state index is 6.41. The van der Waals surface area contributed by atoms with Gasteiger partial charge in [-0.25, -0.2) is 0 Å². The van der Waals surface area contributed by atoms with Gasteiger partial charge in [0, 0.05) is 63.2 Å². The summed E-state index contributed by atoms with van der Waals surface area (Å²) in [4.78, 5) is 0. The molecule has 0 heterocycles. The summed E-state index contributed by atoms with van der Waals surface area (Å²) in [6.07, 6.45) is 20.4. The number of hydrogen-bond donors (Lipinski definition) is 0. The molecule has 0 amide bonds. The minimum atomic E-state index is -2.58. The van der Waals surface area contributed by atoms with E-state index in [-0.39, 0.29) is 0 Å². The second-order valence-corrected chi connectivity index (χ2v) is 21.8. The minimum absolute atomic E-state index is 0.764. The van der Waals surface area contributed by atoms with Crippen molar-refractivity contribution in [2.24, 2.45) is 0 Å². The largest absolute Gasteiger partial charge is 0.500 e. The lowest BCUT2D eigenvalue weighted by Gasteiger charge is -2.30. The summed E-state index contributed by atoms with van der Waals surface area (Å²) in [5.41, 5.74) is 0. The lowest BCUT2D eigenvalue weighted by atomic mass is 10.3. The van der Waals surface area contributed by atoms with Crippen molar-refractivity contribution in [3.05, 3.63) is 0 Å². The van der Waals surface area contributed by atoms with Crippen LogP contribution in [0.25, 0.3) is 0 Å². The van der Waals surface area contributed by atoms with Crippen LogP contribution < -0.4 is 0 Å². The van der Waals surface area contributed by atoms with Crippen LogP contribution in [-0.2, 0) is 26.6 Å². The molecular formula is C34H74O6S3Si2. The van der Waals surface area contributed by atoms with Crippen molar-refractivity contribution in [1.82, 2.24) is 0 Å². The Morgan fingerprint density at radius 1 is 0.333 bits per heavy atom. The van der Waals surface area contributed by atoms with Gasteiger partial charge in [0.15, 0.2) is 0 Å². The van der Waals surface area contributed by atoms with Gasteiger partial charge in [0.25, 0.3) is 0 Å². The zero-order chi connectivity index (χ0) is 33.2. The molecule has 0 aromatic carbocycles. The van der Waals surface area contributed by atoms with E-state index in [9.17, 15) is 0 Å². The highest BCUT2D eigenvalue weighted by atomic mass is 33.5. The van der Waals surface area contributed by atoms with Crippen molar-refractivity contribution in [2.75, 3.05) is 51.1 Å². The van der Waals surface area contributed by atoms with Gasteiger partial charge < -0.3 is 26.6 Å². The molecule has 0 aromatic heterocycles. The van der Waals surface area contributed by atoms with E-state index in [1.54, 1.807) is 0 Å². The first kappa shape index (κ1) is 46.2. The normalized spacial score (nSPS) is 12.4. The zero-order valence-electron chi connectivity index (χ0n) is 30.5. The predicted octanol–water partition coefficient (Wildman–Crippen LogP) is 12.1. The first-order chi connectivity index (χ1) is 22.1. The Labute approximate surface area is 294 Å². The van der Waals surface area contributed by atoms with E-state index in [1.165, 1.54) is 37.2 Å². The standard InChI is InChI=1S/C34H74O6S3Si2/c1-7-13-25-35-44(36-26-14-8-2,37-27-15-9-3)33-23-19-21-31-41-43-42-32-22-20-24-34-45(38-28-16-10-4,39-29-17-11-5)40-30-18-12-6/h7-34H2,1-6H3. The highest BCUT2D eigenvalue weighted by molar-refractivity contribution is 9.09. The second kappa shape index (κ2) is 35.1. The van der Waals surface area contributed by atoms with Gasteiger partial charge in [0.2, 0.25) is 0 Å². The molecule has 0 radical (unpaired) electrons. The summed E-state index contributed by atoms with van der Waals surface area (Å²) < 4.78 is 38.5. The fourth-order valence-electron chi connectivity index (χ4n) is 4.38. The van der Waals surface area contributed by atoms with Crippen LogP contribution in [-0.4, -0.2) is 68.8 Å². The molecule has 0 fully saturated rings. The summed E-state index contributed by atoms with van der Waals surface area (Å²) in [6, 6.07) is 1.91. The lowest BCUT2D eigenvalue weighted by molar-refractivity contribution is 0.0550. The van der Waals surface area contributed by atoms with E-state index in [0.717, 1.165) is 142 Å². The Balaban J connectivity index is 4.34. The van der Waals surface area contributed by atoms with Gasteiger partial charge in [-0.1, -0.05) is 114 Å². The molecule has 0 aliphatic carbocycles. The summed E-state index contributed by atoms with van der Waals surface area (Å²) in [5.74, 6) is 2.40. The van der Waals surface area contributed by atoms with Crippen molar-refractivity contribution in [1.29, 1.82) is 0 Å². The van der Waals surface area contributed by atoms with Crippen LogP contribution in [0.15, 0.2) is 0 Å². The third-order valence-electron chi connectivity index (χ3n) is 7.44. The third kappa shape index (κ3) is 27.7. The zero-order valence-corrected chi connectivity index (χ0v) is 34.9. The van der Waals surface area contributed by atoms with Crippen molar-refractivity contribution in [3.8, 4) is 0 Å². The molecule has 272 valence electrons. The van der Waals surface area contributed by atoms with Crippen molar-refractivity contribution < 1.29 is 26.6 Å². The Morgan fingerprint density at radius 3 is 0.844 bits per heavy atom. The lowest BCUT2D eigenvalue weighted by Crippen LogP contribution is -2.46. The van der Waals surface area contributed by atoms with Crippen LogP contribution in [0.4, 0.5) is 0 Å². The van der Waals surface area contributed by atoms with Crippen molar-refractivity contribution in [2.45, 2.75) is 169 Å². The molecule has 0 saturated heterocycles. The molecule has 0 saturated carbocycles. The maximum Gasteiger partial charge on any atom is 0.500 e. The average molecular weight is 731 g/mol. The van der Waals surface area contributed by atoms with E-state index in [2.05, 4.69) is 41.5 Å². The second-order valence-electron chi connectivity index (χ2n) is 11.9. The molecule has 6 nitrogen and oxygen atoms in total. The van der Waals surface area contributed by atoms with Gasteiger partial charge in [-0.05, 0) is 74.0 Å². The van der Waals surface area contributed by atoms with Gasteiger partial charge in [-0.3, -0.25) is 0 Å². The summed E-state index contributed by atoms with van der Waals surface area (Å²) in [7, 11) is 0.819. The van der Waals surface area contributed by atoms with Crippen molar-refractivity contribution in [3.63, 3.8) is 0 Å². The first-order valence-corrected chi connectivity index (χ1v) is 26.5. The average Bonchev–Trinajstić information content (AvgIpc) is 3.04. The van der Waals surface area contributed by atoms with Crippen LogP contribution in [0.1, 0.15) is 157 Å². The van der Waals surface area contributed by atoms with Gasteiger partial charge >= 0.3 is 17.6 Å². The van der Waals surface area contributed by atoms with E-state index in [0.29, 0.717) is 0 Å². The Morgan fingerprint density at radius 2 is 0.600 bits per heavy atom. The number of hydrogen-bond acceptors (Lipinski definition) is 9. The molecule has 0 aliphatic rings. The van der Waals surface area contributed by atoms with E-state index >= 15 is 0 Å². The SMILES string of the molecule is CCCCO[Si](CCCCCSSSCCCCC[Si](OCCCC)(OCCCC)OCCCC)(OCCCC)OCCCC. The Hall–Kier alpha value is 1.24. The highest BCUT2D eigenvalue weighted by Crippen LogP contribution is 2.36. The highest BCUT2D eigenvalue weighted by Gasteiger charge is 2.41. The topological polar surface area (TPSA) is 55.4 Å². The molecule has 0 rings (SSSR count). The number of unbranched alkanes of at least 4 members (excludes halogenated alkanes) is 10. The van der Waals surface area contributed by atoms with Crippen LogP contribution in [0, 0.1) is 0 Å². The fourth-order valence-corrected chi connectivity index (χ4v) is 13.8. The summed E-state index contributed by atoms with van der Waals surface area (Å²) in [5, 5.41) is 0. The quantitative estimate of drug-likeness (QED) is 0.0351. The molecule has 0 atom stereocenters. The molecular weight excluding hydrogens is 657 g/mol. The fraction of sp³-hybridized carbons (Fsp3) is 1.00. The molecule has 0 spiro atoms. The summed E-state index contributed by atoms with van der Waals surface area (Å²) >= 11 is 0. The van der Waals surface area contributed by atoms with Crippen molar-refractivity contribution >= 4 is 49.0 Å². The summed E-state index contributed by atoms with van der Waals surface area (Å²) in [6.45, 7) is 17.9. The van der Waals surface area contributed by atoms with Crippen LogP contribution >= 0.6 is 31.4 Å². The first-order valence-electron chi connectivity index (χ1n) is 18.8. The van der Waals surface area contributed by atoms with Crippen LogP contribution in [0.3, 0.4) is 0 Å². The van der Waals surface area contributed by atoms with Gasteiger partial charge in [-0.15, -0.1) is 0 Å². The van der Waals surface area contributed by atoms with E-state index in [1.807, 2.05) is 31.4 Å². The van der Waals surface area contributed by atoms with E-state index < -0.39 is 17.6 Å². The monoisotopic (exact) mass is 730 g/mol. The molecule has 0 aliphatic heterocycles. The van der Waals surface area contributed by atoms with Crippen LogP contribution in [0.2, 0.25) is 12.1 Å². The van der Waals surface area contributed by atoms with Gasteiger partial charge in [-0.2, -0.15) is 0 Å². The number of rotatable bonds is 38. The smallest absolute Gasteiger partial charge is 0.373 e.